The molecule has 3 rings (SSSR count). The summed E-state index contributed by atoms with van der Waals surface area (Å²) in [4.78, 5) is 15.1. The van der Waals surface area contributed by atoms with Crippen LogP contribution in [0.2, 0.25) is 10.0 Å². The minimum atomic E-state index is -1.05. The molecule has 0 saturated heterocycles. The Labute approximate surface area is 152 Å². The zero-order valence-corrected chi connectivity index (χ0v) is 14.5. The summed E-state index contributed by atoms with van der Waals surface area (Å²) < 4.78 is 5.86. The second-order valence-corrected chi connectivity index (χ2v) is 6.55. The molecule has 122 valence electrons. The maximum atomic E-state index is 11.0. The van der Waals surface area contributed by atoms with Gasteiger partial charge in [0.25, 0.3) is 0 Å². The highest BCUT2D eigenvalue weighted by Gasteiger charge is 2.13. The van der Waals surface area contributed by atoms with Gasteiger partial charge in [0.05, 0.1) is 15.6 Å². The van der Waals surface area contributed by atoms with Crippen molar-refractivity contribution in [2.75, 3.05) is 0 Å². The number of thiazole rings is 1. The number of ether oxygens (including phenoxy) is 1. The van der Waals surface area contributed by atoms with Crippen molar-refractivity contribution in [2.24, 2.45) is 0 Å². The summed E-state index contributed by atoms with van der Waals surface area (Å²) >= 11 is 13.2. The van der Waals surface area contributed by atoms with Gasteiger partial charge in [0.2, 0.25) is 0 Å². The molecule has 0 aliphatic carbocycles. The summed E-state index contributed by atoms with van der Waals surface area (Å²) in [5.74, 6) is -0.429. The van der Waals surface area contributed by atoms with Crippen molar-refractivity contribution in [3.63, 3.8) is 0 Å². The first kappa shape index (κ1) is 16.8. The van der Waals surface area contributed by atoms with Gasteiger partial charge >= 0.3 is 5.97 Å². The summed E-state index contributed by atoms with van der Waals surface area (Å²) in [6.45, 7) is 0.311. The van der Waals surface area contributed by atoms with Crippen molar-refractivity contribution < 1.29 is 14.6 Å². The Morgan fingerprint density at radius 1 is 1.17 bits per heavy atom. The molecule has 0 radical (unpaired) electrons. The Hall–Kier alpha value is -2.08. The monoisotopic (exact) mass is 379 g/mol. The molecule has 2 aromatic carbocycles. The molecular formula is C17H11Cl2NO3S. The van der Waals surface area contributed by atoms with Crippen LogP contribution in [0.3, 0.4) is 0 Å². The molecule has 1 heterocycles. The minimum absolute atomic E-state index is 0.0225. The van der Waals surface area contributed by atoms with Gasteiger partial charge in [-0.15, -0.1) is 11.3 Å². The third-order valence-corrected chi connectivity index (χ3v) is 4.83. The Kier molecular flexibility index (Phi) is 5.04. The normalized spacial score (nSPS) is 10.6. The summed E-state index contributed by atoms with van der Waals surface area (Å²) in [7, 11) is 0. The number of carboxylic acids is 1. The molecule has 0 saturated carbocycles. The fourth-order valence-electron chi connectivity index (χ4n) is 2.06. The Morgan fingerprint density at radius 2 is 1.96 bits per heavy atom. The van der Waals surface area contributed by atoms with E-state index in [9.17, 15) is 4.79 Å². The predicted octanol–water partition coefficient (Wildman–Crippen LogP) is 5.39. The average Bonchev–Trinajstić information content (AvgIpc) is 3.06. The molecule has 0 amide bonds. The molecule has 4 nitrogen and oxygen atoms in total. The number of para-hydroxylation sites is 1. The van der Waals surface area contributed by atoms with Crippen LogP contribution in [0.1, 0.15) is 16.1 Å². The average molecular weight is 380 g/mol. The molecular weight excluding hydrogens is 369 g/mol. The Balaban J connectivity index is 1.83. The van der Waals surface area contributed by atoms with Crippen molar-refractivity contribution in [1.82, 2.24) is 4.98 Å². The fourth-order valence-corrected chi connectivity index (χ4v) is 3.20. The first-order valence-corrected chi connectivity index (χ1v) is 8.53. The van der Waals surface area contributed by atoms with E-state index in [0.717, 1.165) is 11.1 Å². The van der Waals surface area contributed by atoms with Gasteiger partial charge in [-0.25, -0.2) is 9.78 Å². The lowest BCUT2D eigenvalue weighted by Crippen LogP contribution is -1.98. The number of rotatable bonds is 5. The lowest BCUT2D eigenvalue weighted by Gasteiger charge is -2.10. The summed E-state index contributed by atoms with van der Waals surface area (Å²) in [6, 6.07) is 12.7. The SMILES string of the molecule is O=C(O)c1csc(-c2ccccc2OCc2ccc(Cl)c(Cl)c2)n1. The molecule has 3 aromatic rings. The van der Waals surface area contributed by atoms with Crippen molar-refractivity contribution in [1.29, 1.82) is 0 Å². The topological polar surface area (TPSA) is 59.4 Å². The van der Waals surface area contributed by atoms with Crippen LogP contribution in [0.15, 0.2) is 47.8 Å². The fraction of sp³-hybridized carbons (Fsp3) is 0.0588. The van der Waals surface area contributed by atoms with E-state index in [1.165, 1.54) is 16.7 Å². The van der Waals surface area contributed by atoms with Gasteiger partial charge in [0.1, 0.15) is 17.4 Å². The van der Waals surface area contributed by atoms with E-state index in [2.05, 4.69) is 4.98 Å². The molecule has 1 N–H and O–H groups in total. The number of carbonyl (C=O) groups is 1. The smallest absolute Gasteiger partial charge is 0.355 e. The molecule has 0 bridgehead atoms. The first-order chi connectivity index (χ1) is 11.5. The number of aromatic carboxylic acids is 1. The summed E-state index contributed by atoms with van der Waals surface area (Å²) in [6.07, 6.45) is 0. The summed E-state index contributed by atoms with van der Waals surface area (Å²) in [5.41, 5.74) is 1.65. The maximum absolute atomic E-state index is 11.0. The van der Waals surface area contributed by atoms with Crippen molar-refractivity contribution in [3.05, 3.63) is 69.1 Å². The van der Waals surface area contributed by atoms with Gasteiger partial charge in [0.15, 0.2) is 5.69 Å². The van der Waals surface area contributed by atoms with Crippen molar-refractivity contribution >= 4 is 40.5 Å². The van der Waals surface area contributed by atoms with Crippen LogP contribution in [0.4, 0.5) is 0 Å². The lowest BCUT2D eigenvalue weighted by atomic mass is 10.2. The van der Waals surface area contributed by atoms with Gasteiger partial charge in [-0.05, 0) is 29.8 Å². The summed E-state index contributed by atoms with van der Waals surface area (Å²) in [5, 5.41) is 12.1. The van der Waals surface area contributed by atoms with E-state index in [1.54, 1.807) is 12.1 Å². The van der Waals surface area contributed by atoms with Gasteiger partial charge in [-0.2, -0.15) is 0 Å². The molecule has 0 fully saturated rings. The van der Waals surface area contributed by atoms with Crippen LogP contribution in [0.25, 0.3) is 10.6 Å². The van der Waals surface area contributed by atoms with E-state index >= 15 is 0 Å². The number of halogens is 2. The molecule has 0 unspecified atom stereocenters. The van der Waals surface area contributed by atoms with Crippen LogP contribution in [-0.2, 0) is 6.61 Å². The molecule has 0 spiro atoms. The largest absolute Gasteiger partial charge is 0.488 e. The Morgan fingerprint density at radius 3 is 2.67 bits per heavy atom. The molecule has 0 atom stereocenters. The van der Waals surface area contributed by atoms with E-state index in [4.69, 9.17) is 33.0 Å². The van der Waals surface area contributed by atoms with Crippen LogP contribution >= 0.6 is 34.5 Å². The third-order valence-electron chi connectivity index (χ3n) is 3.22. The zero-order chi connectivity index (χ0) is 17.1. The van der Waals surface area contributed by atoms with Crippen LogP contribution < -0.4 is 4.74 Å². The number of hydrogen-bond acceptors (Lipinski definition) is 4. The molecule has 7 heteroatoms. The van der Waals surface area contributed by atoms with E-state index < -0.39 is 5.97 Å². The second-order valence-electron chi connectivity index (χ2n) is 4.88. The van der Waals surface area contributed by atoms with Crippen LogP contribution in [-0.4, -0.2) is 16.1 Å². The van der Waals surface area contributed by atoms with E-state index in [1.807, 2.05) is 30.3 Å². The molecule has 0 aliphatic heterocycles. The van der Waals surface area contributed by atoms with Gasteiger partial charge in [0, 0.05) is 5.38 Å². The quantitative estimate of drug-likeness (QED) is 0.644. The highest BCUT2D eigenvalue weighted by Crippen LogP contribution is 2.33. The highest BCUT2D eigenvalue weighted by molar-refractivity contribution is 7.13. The Bertz CT molecular complexity index is 895. The van der Waals surface area contributed by atoms with E-state index in [-0.39, 0.29) is 5.69 Å². The molecule has 1 aromatic heterocycles. The van der Waals surface area contributed by atoms with Crippen LogP contribution in [0.5, 0.6) is 5.75 Å². The van der Waals surface area contributed by atoms with E-state index in [0.29, 0.717) is 27.4 Å². The number of nitrogens with zero attached hydrogens (tertiary/aromatic N) is 1. The van der Waals surface area contributed by atoms with Crippen molar-refractivity contribution in [3.8, 4) is 16.3 Å². The predicted molar refractivity (Wildman–Crippen MR) is 95.3 cm³/mol. The van der Waals surface area contributed by atoms with Gasteiger partial charge < -0.3 is 9.84 Å². The number of carboxylic acid groups (broad SMARTS) is 1. The highest BCUT2D eigenvalue weighted by atomic mass is 35.5. The van der Waals surface area contributed by atoms with Gasteiger partial charge in [-0.1, -0.05) is 41.4 Å². The molecule has 0 aliphatic rings. The van der Waals surface area contributed by atoms with Gasteiger partial charge in [-0.3, -0.25) is 0 Å². The molecule has 24 heavy (non-hydrogen) atoms. The maximum Gasteiger partial charge on any atom is 0.355 e. The number of hydrogen-bond donors (Lipinski definition) is 1. The third kappa shape index (κ3) is 3.70. The lowest BCUT2D eigenvalue weighted by molar-refractivity contribution is 0.0691. The number of aromatic nitrogens is 1. The minimum Gasteiger partial charge on any atom is -0.488 e. The number of benzene rings is 2. The van der Waals surface area contributed by atoms with Crippen LogP contribution in [0, 0.1) is 0 Å². The van der Waals surface area contributed by atoms with Crippen molar-refractivity contribution in [2.45, 2.75) is 6.61 Å². The standard InChI is InChI=1S/C17H11Cl2NO3S/c18-12-6-5-10(7-13(12)19)8-23-15-4-2-1-3-11(15)16-20-14(9-24-16)17(21)22/h1-7,9H,8H2,(H,21,22). The zero-order valence-electron chi connectivity index (χ0n) is 12.2. The second kappa shape index (κ2) is 7.21. The first-order valence-electron chi connectivity index (χ1n) is 6.89.